The largest absolute Gasteiger partial charge is 0.393 e. The third kappa shape index (κ3) is 3.27. The van der Waals surface area contributed by atoms with Crippen molar-refractivity contribution in [1.82, 2.24) is 5.32 Å². The van der Waals surface area contributed by atoms with Crippen LogP contribution in [0.1, 0.15) is 32.6 Å². The number of hydrogen-bond acceptors (Lipinski definition) is 3. The van der Waals surface area contributed by atoms with Crippen molar-refractivity contribution in [3.05, 3.63) is 0 Å². The molecular weight excluding hydrogens is 180 g/mol. The molecule has 3 unspecified atom stereocenters. The Morgan fingerprint density at radius 2 is 2.36 bits per heavy atom. The first-order valence-corrected chi connectivity index (χ1v) is 5.34. The van der Waals surface area contributed by atoms with Gasteiger partial charge in [0.2, 0.25) is 5.91 Å². The van der Waals surface area contributed by atoms with E-state index in [-0.39, 0.29) is 18.1 Å². The number of nitrogens with one attached hydrogen (secondary N) is 1. The van der Waals surface area contributed by atoms with E-state index in [2.05, 4.69) is 5.32 Å². The fourth-order valence-corrected chi connectivity index (χ4v) is 1.99. The molecule has 0 aromatic rings. The SMILES string of the molecule is CCC(NCC1CCC(O)C1)C(N)=O. The van der Waals surface area contributed by atoms with Crippen molar-refractivity contribution >= 4 is 5.91 Å². The minimum atomic E-state index is -0.286. The van der Waals surface area contributed by atoms with Crippen LogP contribution in [0, 0.1) is 5.92 Å². The summed E-state index contributed by atoms with van der Waals surface area (Å²) in [6, 6.07) is -0.215. The zero-order valence-corrected chi connectivity index (χ0v) is 8.70. The maximum Gasteiger partial charge on any atom is 0.234 e. The molecule has 0 aromatic carbocycles. The van der Waals surface area contributed by atoms with E-state index in [1.54, 1.807) is 0 Å². The van der Waals surface area contributed by atoms with Crippen LogP contribution in [0.15, 0.2) is 0 Å². The Morgan fingerprint density at radius 3 is 2.79 bits per heavy atom. The maximum atomic E-state index is 10.9. The molecular formula is C10H20N2O2. The van der Waals surface area contributed by atoms with Crippen LogP contribution in [-0.2, 0) is 4.79 Å². The van der Waals surface area contributed by atoms with Crippen molar-refractivity contribution in [1.29, 1.82) is 0 Å². The van der Waals surface area contributed by atoms with E-state index in [0.29, 0.717) is 5.92 Å². The van der Waals surface area contributed by atoms with Gasteiger partial charge in [0, 0.05) is 0 Å². The van der Waals surface area contributed by atoms with E-state index < -0.39 is 0 Å². The molecule has 0 heterocycles. The molecule has 4 heteroatoms. The maximum absolute atomic E-state index is 10.9. The molecule has 1 rings (SSSR count). The standard InChI is InChI=1S/C10H20N2O2/c1-2-9(10(11)14)12-6-7-3-4-8(13)5-7/h7-9,12-13H,2-6H2,1H3,(H2,11,14). The highest BCUT2D eigenvalue weighted by Gasteiger charge is 2.23. The van der Waals surface area contributed by atoms with Gasteiger partial charge in [0.15, 0.2) is 0 Å². The summed E-state index contributed by atoms with van der Waals surface area (Å²) < 4.78 is 0. The van der Waals surface area contributed by atoms with Gasteiger partial charge in [0.25, 0.3) is 0 Å². The van der Waals surface area contributed by atoms with Gasteiger partial charge in [0.05, 0.1) is 12.1 Å². The Morgan fingerprint density at radius 1 is 1.64 bits per heavy atom. The lowest BCUT2D eigenvalue weighted by Gasteiger charge is -2.16. The number of aliphatic hydroxyl groups excluding tert-OH is 1. The second-order valence-electron chi connectivity index (χ2n) is 4.10. The van der Waals surface area contributed by atoms with Gasteiger partial charge in [-0.15, -0.1) is 0 Å². The lowest BCUT2D eigenvalue weighted by atomic mass is 10.1. The van der Waals surface area contributed by atoms with Gasteiger partial charge in [-0.05, 0) is 38.1 Å². The third-order valence-corrected chi connectivity index (χ3v) is 2.92. The van der Waals surface area contributed by atoms with Crippen LogP contribution < -0.4 is 11.1 Å². The van der Waals surface area contributed by atoms with Gasteiger partial charge in [0.1, 0.15) is 0 Å². The second kappa shape index (κ2) is 5.32. The van der Waals surface area contributed by atoms with E-state index >= 15 is 0 Å². The molecule has 0 aromatic heterocycles. The molecule has 0 spiro atoms. The molecule has 0 bridgehead atoms. The lowest BCUT2D eigenvalue weighted by molar-refractivity contribution is -0.120. The summed E-state index contributed by atoms with van der Waals surface area (Å²) in [7, 11) is 0. The first-order chi connectivity index (χ1) is 6.63. The summed E-state index contributed by atoms with van der Waals surface area (Å²) in [4.78, 5) is 10.9. The highest BCUT2D eigenvalue weighted by Crippen LogP contribution is 2.24. The normalized spacial score (nSPS) is 29.0. The number of nitrogens with two attached hydrogens (primary N) is 1. The van der Waals surface area contributed by atoms with Crippen molar-refractivity contribution in [3.8, 4) is 0 Å². The summed E-state index contributed by atoms with van der Waals surface area (Å²) in [5.41, 5.74) is 5.21. The Labute approximate surface area is 84.9 Å². The number of carbonyl (C=O) groups is 1. The van der Waals surface area contributed by atoms with Crippen LogP contribution in [0.3, 0.4) is 0 Å². The van der Waals surface area contributed by atoms with Crippen LogP contribution in [0.25, 0.3) is 0 Å². The number of carbonyl (C=O) groups excluding carboxylic acids is 1. The predicted octanol–water partition coefficient (Wildman–Crippen LogP) is 0.000900. The number of rotatable bonds is 5. The molecule has 4 nitrogen and oxygen atoms in total. The minimum Gasteiger partial charge on any atom is -0.393 e. The first kappa shape index (κ1) is 11.5. The van der Waals surface area contributed by atoms with E-state index in [4.69, 9.17) is 5.73 Å². The molecule has 0 aliphatic heterocycles. The summed E-state index contributed by atoms with van der Waals surface area (Å²) in [6.45, 7) is 2.73. The number of hydrogen-bond donors (Lipinski definition) is 3. The summed E-state index contributed by atoms with van der Waals surface area (Å²) in [5.74, 6) is 0.212. The topological polar surface area (TPSA) is 75.3 Å². The Bertz CT molecular complexity index is 197. The highest BCUT2D eigenvalue weighted by molar-refractivity contribution is 5.79. The molecule has 3 atom stereocenters. The van der Waals surface area contributed by atoms with Crippen LogP contribution in [0.4, 0.5) is 0 Å². The molecule has 1 aliphatic rings. The molecule has 1 saturated carbocycles. The lowest BCUT2D eigenvalue weighted by Crippen LogP contribution is -2.42. The monoisotopic (exact) mass is 200 g/mol. The quantitative estimate of drug-likeness (QED) is 0.585. The van der Waals surface area contributed by atoms with Gasteiger partial charge < -0.3 is 16.2 Å². The van der Waals surface area contributed by atoms with Crippen LogP contribution >= 0.6 is 0 Å². The van der Waals surface area contributed by atoms with E-state index in [0.717, 1.165) is 32.2 Å². The summed E-state index contributed by atoms with van der Waals surface area (Å²) >= 11 is 0. The zero-order valence-electron chi connectivity index (χ0n) is 8.70. The molecule has 4 N–H and O–H groups in total. The van der Waals surface area contributed by atoms with Crippen molar-refractivity contribution in [2.75, 3.05) is 6.54 Å². The van der Waals surface area contributed by atoms with Gasteiger partial charge in [-0.1, -0.05) is 6.92 Å². The van der Waals surface area contributed by atoms with Gasteiger partial charge in [-0.3, -0.25) is 4.79 Å². The molecule has 0 saturated heterocycles. The average Bonchev–Trinajstić information content (AvgIpc) is 2.52. The smallest absolute Gasteiger partial charge is 0.234 e. The Hall–Kier alpha value is -0.610. The van der Waals surface area contributed by atoms with E-state index in [1.807, 2.05) is 6.92 Å². The number of amides is 1. The summed E-state index contributed by atoms with van der Waals surface area (Å²) in [6.07, 6.45) is 3.37. The van der Waals surface area contributed by atoms with Gasteiger partial charge in [-0.25, -0.2) is 0 Å². The first-order valence-electron chi connectivity index (χ1n) is 5.34. The molecule has 1 fully saturated rings. The van der Waals surface area contributed by atoms with Crippen molar-refractivity contribution in [2.45, 2.75) is 44.8 Å². The van der Waals surface area contributed by atoms with Crippen LogP contribution in [-0.4, -0.2) is 29.7 Å². The molecule has 1 amide bonds. The van der Waals surface area contributed by atoms with Crippen LogP contribution in [0.5, 0.6) is 0 Å². The molecule has 1 aliphatic carbocycles. The third-order valence-electron chi connectivity index (χ3n) is 2.92. The number of aliphatic hydroxyl groups is 1. The average molecular weight is 200 g/mol. The number of primary amides is 1. The van der Waals surface area contributed by atoms with Crippen molar-refractivity contribution in [2.24, 2.45) is 11.7 Å². The van der Waals surface area contributed by atoms with Gasteiger partial charge in [-0.2, -0.15) is 0 Å². The minimum absolute atomic E-state index is 0.143. The molecule has 14 heavy (non-hydrogen) atoms. The van der Waals surface area contributed by atoms with Crippen molar-refractivity contribution < 1.29 is 9.90 Å². The Kier molecular flexibility index (Phi) is 4.35. The fraction of sp³-hybridized carbons (Fsp3) is 0.900. The predicted molar refractivity (Wildman–Crippen MR) is 54.6 cm³/mol. The Balaban J connectivity index is 2.22. The van der Waals surface area contributed by atoms with Crippen LogP contribution in [0.2, 0.25) is 0 Å². The molecule has 82 valence electrons. The fourth-order valence-electron chi connectivity index (χ4n) is 1.99. The highest BCUT2D eigenvalue weighted by atomic mass is 16.3. The second-order valence-corrected chi connectivity index (χ2v) is 4.10. The van der Waals surface area contributed by atoms with E-state index in [1.165, 1.54) is 0 Å². The summed E-state index contributed by atoms with van der Waals surface area (Å²) in [5, 5.41) is 12.5. The van der Waals surface area contributed by atoms with E-state index in [9.17, 15) is 9.90 Å². The van der Waals surface area contributed by atoms with Gasteiger partial charge >= 0.3 is 0 Å². The molecule has 0 radical (unpaired) electrons. The van der Waals surface area contributed by atoms with Crippen molar-refractivity contribution in [3.63, 3.8) is 0 Å². The zero-order chi connectivity index (χ0) is 10.6.